The van der Waals surface area contributed by atoms with Crippen molar-refractivity contribution in [2.45, 2.75) is 179 Å². The van der Waals surface area contributed by atoms with E-state index < -0.39 is 78.2 Å². The van der Waals surface area contributed by atoms with Crippen LogP contribution < -0.4 is 21.3 Å². The molecule has 4 fully saturated rings. The Balaban J connectivity index is 1.49. The van der Waals surface area contributed by atoms with E-state index in [1.807, 2.05) is 11.8 Å². The first kappa shape index (κ1) is 48.4. The number of aliphatic carboxylic acids is 1. The molecule has 60 heavy (non-hydrogen) atoms. The predicted molar refractivity (Wildman–Crippen MR) is 222 cm³/mol. The second kappa shape index (κ2) is 24.2. The Morgan fingerprint density at radius 1 is 0.650 bits per heavy atom. The van der Waals surface area contributed by atoms with Gasteiger partial charge in [0.05, 0.1) is 12.5 Å². The van der Waals surface area contributed by atoms with Gasteiger partial charge in [0.15, 0.2) is 0 Å². The number of nitrogens with one attached hydrogen (secondary N) is 4. The molecule has 0 radical (unpaired) electrons. The number of amides is 7. The summed E-state index contributed by atoms with van der Waals surface area (Å²) in [6, 6.07) is -6.10. The van der Waals surface area contributed by atoms with Crippen LogP contribution in [0.25, 0.3) is 0 Å². The zero-order valence-corrected chi connectivity index (χ0v) is 36.1. The van der Waals surface area contributed by atoms with E-state index in [0.717, 1.165) is 51.4 Å². The normalized spacial score (nSPS) is 22.6. The highest BCUT2D eigenvalue weighted by atomic mass is 16.4. The average molecular weight is 846 g/mol. The number of carbonyl (C=O) groups is 8. The minimum Gasteiger partial charge on any atom is -0.481 e. The molecule has 7 atom stereocenters. The van der Waals surface area contributed by atoms with Crippen molar-refractivity contribution < 1.29 is 48.6 Å². The molecule has 6 N–H and O–H groups in total. The summed E-state index contributed by atoms with van der Waals surface area (Å²) in [4.78, 5) is 112. The number of nitrogens with zero attached hydrogens (tertiary/aromatic N) is 3. The molecule has 338 valence electrons. The highest BCUT2D eigenvalue weighted by molar-refractivity contribution is 5.98. The van der Waals surface area contributed by atoms with Crippen LogP contribution in [0.5, 0.6) is 0 Å². The van der Waals surface area contributed by atoms with Gasteiger partial charge in [-0.3, -0.25) is 38.4 Å². The fourth-order valence-corrected chi connectivity index (χ4v) is 9.25. The Kier molecular flexibility index (Phi) is 19.5. The Bertz CT molecular complexity index is 1500. The molecule has 0 bridgehead atoms. The summed E-state index contributed by atoms with van der Waals surface area (Å²) in [6.45, 7) is 7.18. The third kappa shape index (κ3) is 14.2. The van der Waals surface area contributed by atoms with Crippen LogP contribution in [0.2, 0.25) is 0 Å². The molecular weight excluding hydrogens is 775 g/mol. The molecule has 17 heteroatoms. The summed E-state index contributed by atoms with van der Waals surface area (Å²) in [7, 11) is 0. The van der Waals surface area contributed by atoms with Crippen LogP contribution in [0.3, 0.4) is 0 Å². The van der Waals surface area contributed by atoms with Crippen molar-refractivity contribution in [1.82, 2.24) is 36.0 Å². The molecule has 3 aliphatic heterocycles. The minimum atomic E-state index is -1.58. The third-order valence-corrected chi connectivity index (χ3v) is 12.7. The number of carbonyl (C=O) groups excluding carboxylic acids is 7. The lowest BCUT2D eigenvalue weighted by atomic mass is 9.79. The van der Waals surface area contributed by atoms with E-state index in [4.69, 9.17) is 0 Å². The lowest BCUT2D eigenvalue weighted by molar-refractivity contribution is -0.149. The van der Waals surface area contributed by atoms with Gasteiger partial charge in [0.25, 0.3) is 0 Å². The molecule has 1 saturated carbocycles. The number of hydrogen-bond donors (Lipinski definition) is 6. The Hall–Kier alpha value is -4.28. The monoisotopic (exact) mass is 846 g/mol. The lowest BCUT2D eigenvalue weighted by Gasteiger charge is -2.38. The maximum atomic E-state index is 14.5. The first-order chi connectivity index (χ1) is 28.7. The van der Waals surface area contributed by atoms with Crippen molar-refractivity contribution in [1.29, 1.82) is 0 Å². The molecule has 4 rings (SSSR count). The summed E-state index contributed by atoms with van der Waals surface area (Å²) in [6.07, 6.45) is 10.4. The van der Waals surface area contributed by atoms with Crippen LogP contribution in [0.15, 0.2) is 0 Å². The summed E-state index contributed by atoms with van der Waals surface area (Å²) < 4.78 is 0. The van der Waals surface area contributed by atoms with Gasteiger partial charge in [-0.05, 0) is 76.5 Å². The predicted octanol–water partition coefficient (Wildman–Crippen LogP) is 1.98. The van der Waals surface area contributed by atoms with E-state index in [-0.39, 0.29) is 62.9 Å². The van der Waals surface area contributed by atoms with Crippen LogP contribution >= 0.6 is 0 Å². The largest absolute Gasteiger partial charge is 0.481 e. The number of carboxylic acid groups (broad SMARTS) is 1. The first-order valence-corrected chi connectivity index (χ1v) is 22.7. The first-order valence-electron chi connectivity index (χ1n) is 22.7. The van der Waals surface area contributed by atoms with Crippen molar-refractivity contribution in [3.8, 4) is 0 Å². The molecule has 0 aromatic rings. The Labute approximate surface area is 354 Å². The SMILES string of the molecule is CCCNC(=O)[C@@H](NC(=O)[C@@H]1CCCN1C(=O)[C@H](CC(=O)O)NC(=O)[C@@H]1CCCCN1C(=O)[C@H](CCC(=O)N1CCCCCC1)NC(=O)C[C@H](C)C1CCCCC1)[C@@H](C)O. The van der Waals surface area contributed by atoms with E-state index in [1.54, 1.807) is 0 Å². The van der Waals surface area contributed by atoms with Crippen molar-refractivity contribution in [3.05, 3.63) is 0 Å². The van der Waals surface area contributed by atoms with Crippen LogP contribution in [-0.4, -0.2) is 141 Å². The number of likely N-dealkylation sites (tertiary alicyclic amines) is 3. The van der Waals surface area contributed by atoms with E-state index >= 15 is 0 Å². The zero-order chi connectivity index (χ0) is 43.8. The minimum absolute atomic E-state index is 0.0424. The van der Waals surface area contributed by atoms with E-state index in [1.165, 1.54) is 23.1 Å². The maximum Gasteiger partial charge on any atom is 0.305 e. The van der Waals surface area contributed by atoms with E-state index in [9.17, 15) is 48.6 Å². The molecule has 0 unspecified atom stereocenters. The van der Waals surface area contributed by atoms with Crippen molar-refractivity contribution >= 4 is 47.3 Å². The molecule has 17 nitrogen and oxygen atoms in total. The third-order valence-electron chi connectivity index (χ3n) is 12.7. The number of carboxylic acids is 1. The van der Waals surface area contributed by atoms with Gasteiger partial charge in [0.1, 0.15) is 30.2 Å². The van der Waals surface area contributed by atoms with Crippen LogP contribution in [0, 0.1) is 11.8 Å². The second-order valence-electron chi connectivity index (χ2n) is 17.4. The van der Waals surface area contributed by atoms with E-state index in [2.05, 4.69) is 28.2 Å². The molecule has 3 heterocycles. The lowest BCUT2D eigenvalue weighted by Crippen LogP contribution is -2.61. The molecule has 7 amide bonds. The van der Waals surface area contributed by atoms with Crippen molar-refractivity contribution in [2.24, 2.45) is 11.8 Å². The molecule has 0 aromatic carbocycles. The second-order valence-corrected chi connectivity index (χ2v) is 17.4. The van der Waals surface area contributed by atoms with Gasteiger partial charge in [0.2, 0.25) is 41.4 Å². The standard InChI is InChI=1S/C43H71N7O10/c1-4-21-44-41(58)38(29(3)51)47-40(57)34-18-14-25-50(34)43(60)32(27-37(54)55)46-39(56)33-17-10-13-24-49(33)42(59)31(19-20-36(53)48-22-11-5-6-12-23-48)45-35(52)26-28(2)30-15-8-7-9-16-30/h28-34,38,51H,4-27H2,1-3H3,(H,44,58)(H,45,52)(H,46,56)(H,47,57)(H,54,55)/t28-,29+,31-,32-,33-,34-,38-/m0/s1. The van der Waals surface area contributed by atoms with Crippen LogP contribution in [-0.2, 0) is 38.4 Å². The number of piperidine rings is 1. The molecular formula is C43H71N7O10. The number of aliphatic hydroxyl groups is 1. The van der Waals surface area contributed by atoms with Gasteiger partial charge < -0.3 is 46.2 Å². The summed E-state index contributed by atoms with van der Waals surface area (Å²) in [5, 5.41) is 30.8. The van der Waals surface area contributed by atoms with Crippen LogP contribution in [0.1, 0.15) is 143 Å². The quantitative estimate of drug-likeness (QED) is 0.111. The molecule has 4 aliphatic rings. The van der Waals surface area contributed by atoms with Crippen LogP contribution in [0.4, 0.5) is 0 Å². The Morgan fingerprint density at radius 2 is 1.20 bits per heavy atom. The molecule has 3 saturated heterocycles. The van der Waals surface area contributed by atoms with Gasteiger partial charge in [-0.15, -0.1) is 0 Å². The number of aliphatic hydroxyl groups excluding tert-OH is 1. The maximum absolute atomic E-state index is 14.5. The highest BCUT2D eigenvalue weighted by Gasteiger charge is 2.42. The van der Waals surface area contributed by atoms with Gasteiger partial charge >= 0.3 is 5.97 Å². The summed E-state index contributed by atoms with van der Waals surface area (Å²) in [5.41, 5.74) is 0. The fourth-order valence-electron chi connectivity index (χ4n) is 9.25. The number of rotatable bonds is 19. The van der Waals surface area contributed by atoms with Crippen molar-refractivity contribution in [3.63, 3.8) is 0 Å². The van der Waals surface area contributed by atoms with Crippen molar-refractivity contribution in [2.75, 3.05) is 32.7 Å². The smallest absolute Gasteiger partial charge is 0.305 e. The molecule has 0 aromatic heterocycles. The van der Waals surface area contributed by atoms with Gasteiger partial charge in [-0.2, -0.15) is 0 Å². The summed E-state index contributed by atoms with van der Waals surface area (Å²) >= 11 is 0. The topological polar surface area (TPSA) is 235 Å². The highest BCUT2D eigenvalue weighted by Crippen LogP contribution is 2.31. The fraction of sp³-hybridized carbons (Fsp3) is 0.814. The number of hydrogen-bond acceptors (Lipinski definition) is 9. The average Bonchev–Trinajstić information content (AvgIpc) is 3.57. The van der Waals surface area contributed by atoms with Gasteiger partial charge in [-0.1, -0.05) is 58.8 Å². The Morgan fingerprint density at radius 3 is 1.82 bits per heavy atom. The van der Waals surface area contributed by atoms with Gasteiger partial charge in [-0.25, -0.2) is 0 Å². The molecule has 0 spiro atoms. The van der Waals surface area contributed by atoms with Gasteiger partial charge in [0, 0.05) is 45.6 Å². The molecule has 1 aliphatic carbocycles. The van der Waals surface area contributed by atoms with E-state index in [0.29, 0.717) is 51.2 Å². The summed E-state index contributed by atoms with van der Waals surface area (Å²) in [5.74, 6) is -4.53. The zero-order valence-electron chi connectivity index (χ0n) is 36.1.